The van der Waals surface area contributed by atoms with E-state index in [1.165, 1.54) is 0 Å². The van der Waals surface area contributed by atoms with Crippen molar-refractivity contribution in [2.75, 3.05) is 13.2 Å². The van der Waals surface area contributed by atoms with Crippen LogP contribution in [0.3, 0.4) is 0 Å². The Morgan fingerprint density at radius 1 is 1.65 bits per heavy atom. The Morgan fingerprint density at radius 3 is 2.94 bits per heavy atom. The lowest BCUT2D eigenvalue weighted by molar-refractivity contribution is -0.385. The molecule has 17 heavy (non-hydrogen) atoms. The van der Waals surface area contributed by atoms with E-state index in [1.54, 1.807) is 6.92 Å². The minimum atomic E-state index is -0.790. The summed E-state index contributed by atoms with van der Waals surface area (Å²) >= 11 is 0. The van der Waals surface area contributed by atoms with E-state index in [9.17, 15) is 19.7 Å². The molecule has 9 heteroatoms. The third-order valence-corrected chi connectivity index (χ3v) is 1.74. The zero-order chi connectivity index (χ0) is 12.8. The molecule has 0 atom stereocenters. The molecule has 0 radical (unpaired) electrons. The number of hydrogen-bond acceptors (Lipinski definition) is 6. The lowest BCUT2D eigenvalue weighted by Crippen LogP contribution is -2.31. The molecular weight excluding hydrogens is 232 g/mol. The van der Waals surface area contributed by atoms with Crippen LogP contribution in [0.1, 0.15) is 17.4 Å². The van der Waals surface area contributed by atoms with E-state index < -0.39 is 22.5 Å². The SMILES string of the molecule is CCOC(=O)CNC(=O)c1[nH]ncc1[N+](=O)[O-]. The molecule has 0 aliphatic rings. The van der Waals surface area contributed by atoms with Gasteiger partial charge in [0.05, 0.1) is 11.5 Å². The topological polar surface area (TPSA) is 127 Å². The summed E-state index contributed by atoms with van der Waals surface area (Å²) in [6.07, 6.45) is 0.916. The maximum atomic E-state index is 11.4. The van der Waals surface area contributed by atoms with Crippen molar-refractivity contribution >= 4 is 17.6 Å². The van der Waals surface area contributed by atoms with E-state index in [2.05, 4.69) is 20.3 Å². The third-order valence-electron chi connectivity index (χ3n) is 1.74. The summed E-state index contributed by atoms with van der Waals surface area (Å²) in [6, 6.07) is 0. The molecule has 1 aromatic heterocycles. The maximum absolute atomic E-state index is 11.4. The van der Waals surface area contributed by atoms with Gasteiger partial charge < -0.3 is 10.1 Å². The summed E-state index contributed by atoms with van der Waals surface area (Å²) in [7, 11) is 0. The molecule has 0 aliphatic carbocycles. The number of amides is 1. The van der Waals surface area contributed by atoms with Crippen molar-refractivity contribution in [1.82, 2.24) is 15.5 Å². The van der Waals surface area contributed by atoms with Gasteiger partial charge in [0.25, 0.3) is 5.91 Å². The van der Waals surface area contributed by atoms with Gasteiger partial charge in [-0.1, -0.05) is 0 Å². The average Bonchev–Trinajstić information content (AvgIpc) is 2.75. The Kier molecular flexibility index (Phi) is 4.14. The molecule has 0 saturated heterocycles. The summed E-state index contributed by atoms with van der Waals surface area (Å²) in [5.74, 6) is -1.41. The van der Waals surface area contributed by atoms with E-state index in [0.717, 1.165) is 6.20 Å². The molecule has 2 N–H and O–H groups in total. The van der Waals surface area contributed by atoms with Crippen molar-refractivity contribution in [3.05, 3.63) is 22.0 Å². The summed E-state index contributed by atoms with van der Waals surface area (Å²) in [5, 5.41) is 18.2. The molecule has 0 bridgehead atoms. The van der Waals surface area contributed by atoms with Gasteiger partial charge in [0.15, 0.2) is 0 Å². The number of rotatable bonds is 5. The quantitative estimate of drug-likeness (QED) is 0.411. The van der Waals surface area contributed by atoms with Crippen LogP contribution in [0.25, 0.3) is 0 Å². The van der Waals surface area contributed by atoms with E-state index in [4.69, 9.17) is 0 Å². The molecule has 92 valence electrons. The number of hydrogen-bond donors (Lipinski definition) is 2. The molecule has 1 amide bonds. The van der Waals surface area contributed by atoms with Crippen LogP contribution >= 0.6 is 0 Å². The Hall–Kier alpha value is -2.45. The fourth-order valence-corrected chi connectivity index (χ4v) is 1.04. The van der Waals surface area contributed by atoms with Crippen LogP contribution in [0, 0.1) is 10.1 Å². The first-order chi connectivity index (χ1) is 8.06. The number of carbonyl (C=O) groups excluding carboxylic acids is 2. The fraction of sp³-hybridized carbons (Fsp3) is 0.375. The number of aromatic amines is 1. The van der Waals surface area contributed by atoms with Gasteiger partial charge in [0, 0.05) is 0 Å². The van der Waals surface area contributed by atoms with Crippen LogP contribution in [-0.4, -0.2) is 40.1 Å². The highest BCUT2D eigenvalue weighted by molar-refractivity contribution is 5.97. The van der Waals surface area contributed by atoms with Crippen molar-refractivity contribution in [3.8, 4) is 0 Å². The Labute approximate surface area is 95.3 Å². The number of esters is 1. The van der Waals surface area contributed by atoms with Crippen molar-refractivity contribution in [1.29, 1.82) is 0 Å². The highest BCUT2D eigenvalue weighted by Gasteiger charge is 2.22. The van der Waals surface area contributed by atoms with Gasteiger partial charge in [-0.25, -0.2) is 0 Å². The van der Waals surface area contributed by atoms with Gasteiger partial charge in [-0.15, -0.1) is 0 Å². The predicted molar refractivity (Wildman–Crippen MR) is 54.2 cm³/mol. The first-order valence-electron chi connectivity index (χ1n) is 4.67. The van der Waals surface area contributed by atoms with Crippen molar-refractivity contribution < 1.29 is 19.2 Å². The number of nitrogens with one attached hydrogen (secondary N) is 2. The van der Waals surface area contributed by atoms with Gasteiger partial charge in [-0.3, -0.25) is 24.8 Å². The largest absolute Gasteiger partial charge is 0.465 e. The van der Waals surface area contributed by atoms with Gasteiger partial charge in [0.1, 0.15) is 12.7 Å². The second kappa shape index (κ2) is 5.58. The fourth-order valence-electron chi connectivity index (χ4n) is 1.04. The van der Waals surface area contributed by atoms with E-state index in [-0.39, 0.29) is 18.8 Å². The van der Waals surface area contributed by atoms with Crippen LogP contribution in [0.2, 0.25) is 0 Å². The first kappa shape index (κ1) is 12.6. The first-order valence-corrected chi connectivity index (χ1v) is 4.67. The standard InChI is InChI=1S/C8H10N4O5/c1-2-17-6(13)4-9-8(14)7-5(12(15)16)3-10-11-7/h3H,2,4H2,1H3,(H,9,14)(H,10,11). The maximum Gasteiger partial charge on any atom is 0.325 e. The molecule has 1 aromatic rings. The van der Waals surface area contributed by atoms with Gasteiger partial charge in [0.2, 0.25) is 5.69 Å². The molecule has 0 aromatic carbocycles. The van der Waals surface area contributed by atoms with E-state index in [0.29, 0.717) is 0 Å². The average molecular weight is 242 g/mol. The number of nitrogens with zero attached hydrogens (tertiary/aromatic N) is 2. The number of carbonyl (C=O) groups is 2. The summed E-state index contributed by atoms with van der Waals surface area (Å²) < 4.78 is 4.57. The second-order valence-corrected chi connectivity index (χ2v) is 2.88. The molecule has 0 fully saturated rings. The molecule has 1 heterocycles. The van der Waals surface area contributed by atoms with Crippen LogP contribution in [0.5, 0.6) is 0 Å². The second-order valence-electron chi connectivity index (χ2n) is 2.88. The molecule has 9 nitrogen and oxygen atoms in total. The summed E-state index contributed by atoms with van der Waals surface area (Å²) in [4.78, 5) is 32.1. The predicted octanol–water partition coefficient (Wildman–Crippen LogP) is -0.389. The Bertz CT molecular complexity index is 441. The van der Waals surface area contributed by atoms with Crippen molar-refractivity contribution in [2.45, 2.75) is 6.92 Å². The van der Waals surface area contributed by atoms with E-state index >= 15 is 0 Å². The van der Waals surface area contributed by atoms with Crippen LogP contribution < -0.4 is 5.32 Å². The third kappa shape index (κ3) is 3.26. The Balaban J connectivity index is 2.61. The van der Waals surface area contributed by atoms with Crippen LogP contribution in [-0.2, 0) is 9.53 Å². The van der Waals surface area contributed by atoms with Crippen molar-refractivity contribution in [3.63, 3.8) is 0 Å². The van der Waals surface area contributed by atoms with Gasteiger partial charge >= 0.3 is 11.7 Å². The monoisotopic (exact) mass is 242 g/mol. The molecule has 0 saturated carbocycles. The number of aromatic nitrogens is 2. The summed E-state index contributed by atoms with van der Waals surface area (Å²) in [6.45, 7) is 1.46. The lowest BCUT2D eigenvalue weighted by atomic mass is 10.3. The van der Waals surface area contributed by atoms with Crippen LogP contribution in [0.4, 0.5) is 5.69 Å². The molecule has 0 aliphatic heterocycles. The van der Waals surface area contributed by atoms with Gasteiger partial charge in [-0.05, 0) is 6.92 Å². The highest BCUT2D eigenvalue weighted by Crippen LogP contribution is 2.13. The zero-order valence-corrected chi connectivity index (χ0v) is 8.93. The lowest BCUT2D eigenvalue weighted by Gasteiger charge is -2.02. The number of H-pyrrole nitrogens is 1. The highest BCUT2D eigenvalue weighted by atomic mass is 16.6. The minimum absolute atomic E-state index is 0.193. The number of nitro groups is 1. The van der Waals surface area contributed by atoms with E-state index in [1.807, 2.05) is 0 Å². The molecule has 0 unspecified atom stereocenters. The Morgan fingerprint density at radius 2 is 2.35 bits per heavy atom. The smallest absolute Gasteiger partial charge is 0.325 e. The molecular formula is C8H10N4O5. The molecule has 1 rings (SSSR count). The normalized spacial score (nSPS) is 9.71. The number of ether oxygens (including phenoxy) is 1. The molecule has 0 spiro atoms. The van der Waals surface area contributed by atoms with Crippen LogP contribution in [0.15, 0.2) is 6.20 Å². The van der Waals surface area contributed by atoms with Gasteiger partial charge in [-0.2, -0.15) is 5.10 Å². The van der Waals surface area contributed by atoms with Crippen molar-refractivity contribution in [2.24, 2.45) is 0 Å². The summed E-state index contributed by atoms with van der Waals surface area (Å²) in [5.41, 5.74) is -0.759. The minimum Gasteiger partial charge on any atom is -0.465 e. The zero-order valence-electron chi connectivity index (χ0n) is 8.93.